The molecule has 0 saturated carbocycles. The van der Waals surface area contributed by atoms with Gasteiger partial charge in [-0.05, 0) is 55.7 Å². The number of hydrogen-bond donors (Lipinski definition) is 1. The van der Waals surface area contributed by atoms with E-state index in [4.69, 9.17) is 11.6 Å². The van der Waals surface area contributed by atoms with Gasteiger partial charge in [0.05, 0.1) is 11.3 Å². The van der Waals surface area contributed by atoms with Gasteiger partial charge in [-0.1, -0.05) is 55.8 Å². The molecule has 1 atom stereocenters. The van der Waals surface area contributed by atoms with E-state index in [0.29, 0.717) is 16.5 Å². The third-order valence-corrected chi connectivity index (χ3v) is 5.26. The van der Waals surface area contributed by atoms with Crippen molar-refractivity contribution in [3.05, 3.63) is 76.9 Å². The van der Waals surface area contributed by atoms with Crippen LogP contribution in [0.1, 0.15) is 36.8 Å². The lowest BCUT2D eigenvalue weighted by Gasteiger charge is -2.17. The number of para-hydroxylation sites is 1. The van der Waals surface area contributed by atoms with Crippen LogP contribution in [0.2, 0.25) is 5.02 Å². The predicted molar refractivity (Wildman–Crippen MR) is 113 cm³/mol. The van der Waals surface area contributed by atoms with E-state index in [2.05, 4.69) is 23.7 Å². The number of carbonyl (C=O) groups is 1. The molecule has 3 nitrogen and oxygen atoms in total. The highest BCUT2D eigenvalue weighted by Gasteiger charge is 2.21. The Balaban J connectivity index is 2.12. The van der Waals surface area contributed by atoms with Crippen LogP contribution in [0.3, 0.4) is 0 Å². The molecule has 1 N–H and O–H groups in total. The Morgan fingerprint density at radius 2 is 1.63 bits per heavy atom. The molecule has 0 saturated heterocycles. The average molecular weight is 381 g/mol. The van der Waals surface area contributed by atoms with Crippen molar-refractivity contribution >= 4 is 17.5 Å². The summed E-state index contributed by atoms with van der Waals surface area (Å²) >= 11 is 6.06. The molecule has 2 aromatic carbocycles. The summed E-state index contributed by atoms with van der Waals surface area (Å²) in [5, 5.41) is 3.81. The average Bonchev–Trinajstić information content (AvgIpc) is 3.00. The number of nitrogens with zero attached hydrogens (tertiary/aromatic N) is 1. The molecule has 0 aliphatic rings. The van der Waals surface area contributed by atoms with Gasteiger partial charge in [0, 0.05) is 22.4 Å². The summed E-state index contributed by atoms with van der Waals surface area (Å²) in [4.78, 5) is 12.9. The molecular weight excluding hydrogens is 356 g/mol. The largest absolute Gasteiger partial charge is 0.349 e. The predicted octanol–water partition coefficient (Wildman–Crippen LogP) is 5.88. The first-order chi connectivity index (χ1) is 12.9. The fourth-order valence-corrected chi connectivity index (χ4v) is 3.16. The number of nitrogens with one attached hydrogen (secondary N) is 1. The van der Waals surface area contributed by atoms with E-state index >= 15 is 0 Å². The Hall–Kier alpha value is -2.52. The summed E-state index contributed by atoms with van der Waals surface area (Å²) in [5.41, 5.74) is 4.62. The first-order valence-corrected chi connectivity index (χ1v) is 9.61. The van der Waals surface area contributed by atoms with E-state index < -0.39 is 0 Å². The maximum absolute atomic E-state index is 12.9. The van der Waals surface area contributed by atoms with Crippen molar-refractivity contribution in [1.29, 1.82) is 0 Å². The highest BCUT2D eigenvalue weighted by Crippen LogP contribution is 2.30. The summed E-state index contributed by atoms with van der Waals surface area (Å²) in [6, 6.07) is 19.9. The van der Waals surface area contributed by atoms with Crippen molar-refractivity contribution in [1.82, 2.24) is 9.88 Å². The molecule has 1 amide bonds. The highest BCUT2D eigenvalue weighted by atomic mass is 35.5. The second kappa shape index (κ2) is 8.01. The molecule has 1 aromatic heterocycles. The Morgan fingerprint density at radius 3 is 2.22 bits per heavy atom. The maximum atomic E-state index is 12.9. The number of aromatic nitrogens is 1. The van der Waals surface area contributed by atoms with Crippen LogP contribution in [0, 0.1) is 12.8 Å². The number of hydrogen-bond acceptors (Lipinski definition) is 1. The fourth-order valence-electron chi connectivity index (χ4n) is 3.03. The van der Waals surface area contributed by atoms with Crippen molar-refractivity contribution < 1.29 is 4.79 Å². The van der Waals surface area contributed by atoms with Crippen LogP contribution < -0.4 is 5.32 Å². The molecule has 4 heteroatoms. The zero-order valence-electron chi connectivity index (χ0n) is 16.2. The lowest BCUT2D eigenvalue weighted by atomic mass is 10.1. The lowest BCUT2D eigenvalue weighted by molar-refractivity contribution is 0.0930. The number of halogens is 1. The normalized spacial score (nSPS) is 12.2. The van der Waals surface area contributed by atoms with Crippen molar-refractivity contribution in [2.75, 3.05) is 0 Å². The van der Waals surface area contributed by atoms with E-state index in [1.807, 2.05) is 74.5 Å². The van der Waals surface area contributed by atoms with Crippen molar-refractivity contribution in [2.24, 2.45) is 5.92 Å². The number of carbonyl (C=O) groups excluding carboxylic acids is 1. The quantitative estimate of drug-likeness (QED) is 0.589. The highest BCUT2D eigenvalue weighted by molar-refractivity contribution is 6.30. The Kier molecular flexibility index (Phi) is 5.71. The van der Waals surface area contributed by atoms with Crippen molar-refractivity contribution in [3.8, 4) is 16.9 Å². The van der Waals surface area contributed by atoms with Gasteiger partial charge < -0.3 is 9.88 Å². The lowest BCUT2D eigenvalue weighted by Crippen LogP contribution is -2.36. The fraction of sp³-hybridized carbons (Fsp3) is 0.261. The second-order valence-corrected chi connectivity index (χ2v) is 7.65. The molecule has 1 heterocycles. The minimum Gasteiger partial charge on any atom is -0.349 e. The number of rotatable bonds is 5. The second-order valence-electron chi connectivity index (χ2n) is 7.21. The Morgan fingerprint density at radius 1 is 1.00 bits per heavy atom. The van der Waals surface area contributed by atoms with Gasteiger partial charge in [0.1, 0.15) is 0 Å². The summed E-state index contributed by atoms with van der Waals surface area (Å²) in [6.07, 6.45) is 0. The van der Waals surface area contributed by atoms with E-state index in [-0.39, 0.29) is 11.9 Å². The van der Waals surface area contributed by atoms with Crippen molar-refractivity contribution in [2.45, 2.75) is 33.7 Å². The first kappa shape index (κ1) is 19.2. The van der Waals surface area contributed by atoms with E-state index in [1.54, 1.807) is 0 Å². The van der Waals surface area contributed by atoms with Gasteiger partial charge in [0.25, 0.3) is 5.91 Å². The summed E-state index contributed by atoms with van der Waals surface area (Å²) in [7, 11) is 0. The van der Waals surface area contributed by atoms with Crippen LogP contribution in [0.5, 0.6) is 0 Å². The van der Waals surface area contributed by atoms with Gasteiger partial charge in [-0.25, -0.2) is 0 Å². The zero-order valence-corrected chi connectivity index (χ0v) is 16.9. The monoisotopic (exact) mass is 380 g/mol. The van der Waals surface area contributed by atoms with E-state index in [0.717, 1.165) is 22.6 Å². The van der Waals surface area contributed by atoms with Crippen LogP contribution >= 0.6 is 11.6 Å². The molecule has 0 spiro atoms. The molecule has 27 heavy (non-hydrogen) atoms. The third-order valence-electron chi connectivity index (χ3n) is 5.00. The van der Waals surface area contributed by atoms with Crippen molar-refractivity contribution in [3.63, 3.8) is 0 Å². The molecule has 140 valence electrons. The maximum Gasteiger partial charge on any atom is 0.253 e. The molecule has 3 rings (SSSR count). The minimum absolute atomic E-state index is 0.0430. The van der Waals surface area contributed by atoms with Gasteiger partial charge in [0.15, 0.2) is 0 Å². The van der Waals surface area contributed by atoms with Gasteiger partial charge in [-0.3, -0.25) is 4.79 Å². The van der Waals surface area contributed by atoms with Crippen LogP contribution in [0.25, 0.3) is 16.9 Å². The van der Waals surface area contributed by atoms with Gasteiger partial charge in [0.2, 0.25) is 0 Å². The van der Waals surface area contributed by atoms with Crippen LogP contribution in [0.4, 0.5) is 0 Å². The molecule has 0 bridgehead atoms. The summed E-state index contributed by atoms with van der Waals surface area (Å²) < 4.78 is 2.12. The van der Waals surface area contributed by atoms with E-state index in [9.17, 15) is 4.79 Å². The molecule has 0 aliphatic heterocycles. The van der Waals surface area contributed by atoms with E-state index in [1.165, 1.54) is 0 Å². The molecule has 1 unspecified atom stereocenters. The van der Waals surface area contributed by atoms with Crippen LogP contribution in [0.15, 0.2) is 60.7 Å². The summed E-state index contributed by atoms with van der Waals surface area (Å²) in [5.74, 6) is 0.333. The molecule has 0 radical (unpaired) electrons. The zero-order chi connectivity index (χ0) is 19.6. The minimum atomic E-state index is -0.0430. The molecule has 3 aromatic rings. The van der Waals surface area contributed by atoms with Gasteiger partial charge in [-0.2, -0.15) is 0 Å². The Labute approximate surface area is 166 Å². The Bertz CT molecular complexity index is 927. The topological polar surface area (TPSA) is 34.0 Å². The van der Waals surface area contributed by atoms with Gasteiger partial charge in [-0.15, -0.1) is 0 Å². The standard InChI is InChI=1S/C23H25ClN2O/c1-15(2)16(3)25-23(27)21-14-22(18-10-12-19(24)13-11-18)26(17(21)4)20-8-6-5-7-9-20/h5-16H,1-4H3,(H,25,27). The van der Waals surface area contributed by atoms with Crippen LogP contribution in [-0.4, -0.2) is 16.5 Å². The molecule has 0 aliphatic carbocycles. The van der Waals surface area contributed by atoms with Gasteiger partial charge >= 0.3 is 0 Å². The third kappa shape index (κ3) is 4.09. The SMILES string of the molecule is Cc1c(C(=O)NC(C)C(C)C)cc(-c2ccc(Cl)cc2)n1-c1ccccc1. The summed E-state index contributed by atoms with van der Waals surface area (Å²) in [6.45, 7) is 8.23. The van der Waals surface area contributed by atoms with Crippen LogP contribution in [-0.2, 0) is 0 Å². The molecule has 0 fully saturated rings. The number of amides is 1. The molecular formula is C23H25ClN2O. The first-order valence-electron chi connectivity index (χ1n) is 9.23. The number of benzene rings is 2. The smallest absolute Gasteiger partial charge is 0.253 e.